The average molecular weight is 275 g/mol. The van der Waals surface area contributed by atoms with Crippen LogP contribution < -0.4 is 10.7 Å². The molecule has 106 valence electrons. The smallest absolute Gasteiger partial charge is 0.331 e. The molecule has 0 fully saturated rings. The fourth-order valence-corrected chi connectivity index (χ4v) is 2.06. The van der Waals surface area contributed by atoms with Crippen molar-refractivity contribution in [2.75, 3.05) is 5.32 Å². The number of hydrogen-bond donors (Lipinski definition) is 3. The molecule has 2 rings (SSSR count). The van der Waals surface area contributed by atoms with Gasteiger partial charge in [-0.2, -0.15) is 5.10 Å². The summed E-state index contributed by atoms with van der Waals surface area (Å²) in [6.07, 6.45) is 0.978. The van der Waals surface area contributed by atoms with E-state index in [-0.39, 0.29) is 5.91 Å². The first-order valence-electron chi connectivity index (χ1n) is 6.31. The fourth-order valence-electron chi connectivity index (χ4n) is 2.06. The Labute approximate surface area is 116 Å². The Morgan fingerprint density at radius 3 is 2.55 bits per heavy atom. The second-order valence-corrected chi connectivity index (χ2v) is 5.16. The van der Waals surface area contributed by atoms with Crippen LogP contribution >= 0.6 is 0 Å². The van der Waals surface area contributed by atoms with Crippen molar-refractivity contribution in [3.8, 4) is 0 Å². The quantitative estimate of drug-likeness (QED) is 0.774. The van der Waals surface area contributed by atoms with E-state index in [1.165, 1.54) is 6.92 Å². The molecule has 0 saturated heterocycles. The molecule has 6 heteroatoms. The first-order chi connectivity index (χ1) is 9.39. The lowest BCUT2D eigenvalue weighted by molar-refractivity contribution is -0.143. The zero-order valence-electron chi connectivity index (χ0n) is 11.4. The number of carbonyl (C=O) groups excluding carboxylic acids is 1. The van der Waals surface area contributed by atoms with Crippen LogP contribution in [0.1, 0.15) is 25.8 Å². The van der Waals surface area contributed by atoms with Gasteiger partial charge in [0.15, 0.2) is 5.54 Å². The molecule has 1 atom stereocenters. The van der Waals surface area contributed by atoms with Gasteiger partial charge in [0, 0.05) is 31.2 Å². The lowest BCUT2D eigenvalue weighted by atomic mass is 9.94. The Kier molecular flexibility index (Phi) is 3.74. The second kappa shape index (κ2) is 5.32. The third-order valence-electron chi connectivity index (χ3n) is 3.17. The summed E-state index contributed by atoms with van der Waals surface area (Å²) in [6.45, 7) is 3.07. The zero-order chi connectivity index (χ0) is 14.8. The summed E-state index contributed by atoms with van der Waals surface area (Å²) in [4.78, 5) is 22.0. The molecule has 0 aromatic heterocycles. The summed E-state index contributed by atoms with van der Waals surface area (Å²) in [7, 11) is 0. The van der Waals surface area contributed by atoms with E-state index in [0.29, 0.717) is 12.8 Å². The Bertz CT molecular complexity index is 566. The largest absolute Gasteiger partial charge is 0.479 e. The van der Waals surface area contributed by atoms with Gasteiger partial charge in [0.1, 0.15) is 0 Å². The van der Waals surface area contributed by atoms with Crippen LogP contribution in [0.5, 0.6) is 0 Å². The van der Waals surface area contributed by atoms with Crippen molar-refractivity contribution in [2.45, 2.75) is 32.2 Å². The molecular formula is C14H17N3O3. The maximum absolute atomic E-state index is 11.1. The standard InChI is InChI=1S/C14H17N3O3/c1-9(18)15-11-5-3-10(4-6-11)7-12-8-14(2,13(19)20)17-16-12/h3-6,17H,7-8H2,1-2H3,(H,15,18)(H,19,20). The van der Waals surface area contributed by atoms with Crippen LogP contribution in [-0.4, -0.2) is 28.2 Å². The molecule has 1 aliphatic heterocycles. The van der Waals surface area contributed by atoms with Crippen molar-refractivity contribution in [1.82, 2.24) is 5.43 Å². The third-order valence-corrected chi connectivity index (χ3v) is 3.17. The van der Waals surface area contributed by atoms with Crippen molar-refractivity contribution in [1.29, 1.82) is 0 Å². The summed E-state index contributed by atoms with van der Waals surface area (Å²) in [5.41, 5.74) is 4.23. The average Bonchev–Trinajstić information content (AvgIpc) is 2.74. The third kappa shape index (κ3) is 3.14. The van der Waals surface area contributed by atoms with Crippen molar-refractivity contribution in [3.05, 3.63) is 29.8 Å². The summed E-state index contributed by atoms with van der Waals surface area (Å²) >= 11 is 0. The highest BCUT2D eigenvalue weighted by Crippen LogP contribution is 2.20. The van der Waals surface area contributed by atoms with Crippen LogP contribution in [0.25, 0.3) is 0 Å². The molecule has 3 N–H and O–H groups in total. The molecule has 6 nitrogen and oxygen atoms in total. The van der Waals surface area contributed by atoms with Crippen molar-refractivity contribution in [2.24, 2.45) is 5.10 Å². The van der Waals surface area contributed by atoms with Crippen LogP contribution in [-0.2, 0) is 16.0 Å². The first-order valence-corrected chi connectivity index (χ1v) is 6.31. The lowest BCUT2D eigenvalue weighted by Gasteiger charge is -2.16. The maximum atomic E-state index is 11.1. The normalized spacial score (nSPS) is 21.0. The van der Waals surface area contributed by atoms with Gasteiger partial charge in [0.2, 0.25) is 5.91 Å². The molecule has 0 saturated carbocycles. The number of carboxylic acids is 1. The summed E-state index contributed by atoms with van der Waals surface area (Å²) < 4.78 is 0. The number of nitrogens with one attached hydrogen (secondary N) is 2. The zero-order valence-corrected chi connectivity index (χ0v) is 11.4. The predicted octanol–water partition coefficient (Wildman–Crippen LogP) is 1.38. The van der Waals surface area contributed by atoms with E-state index in [9.17, 15) is 9.59 Å². The van der Waals surface area contributed by atoms with E-state index in [1.807, 2.05) is 24.3 Å². The Balaban J connectivity index is 1.98. The van der Waals surface area contributed by atoms with Gasteiger partial charge in [-0.1, -0.05) is 12.1 Å². The van der Waals surface area contributed by atoms with E-state index in [2.05, 4.69) is 15.8 Å². The Morgan fingerprint density at radius 1 is 1.40 bits per heavy atom. The number of aliphatic carboxylic acids is 1. The fraction of sp³-hybridized carbons (Fsp3) is 0.357. The second-order valence-electron chi connectivity index (χ2n) is 5.16. The van der Waals surface area contributed by atoms with Crippen LogP contribution in [0.15, 0.2) is 29.4 Å². The van der Waals surface area contributed by atoms with Gasteiger partial charge in [-0.3, -0.25) is 10.2 Å². The van der Waals surface area contributed by atoms with E-state index < -0.39 is 11.5 Å². The van der Waals surface area contributed by atoms with E-state index >= 15 is 0 Å². The molecule has 1 aromatic rings. The van der Waals surface area contributed by atoms with E-state index in [0.717, 1.165) is 17.0 Å². The van der Waals surface area contributed by atoms with Crippen LogP contribution in [0, 0.1) is 0 Å². The molecule has 1 amide bonds. The van der Waals surface area contributed by atoms with E-state index in [1.54, 1.807) is 6.92 Å². The molecule has 1 aromatic carbocycles. The molecule has 0 bridgehead atoms. The molecule has 20 heavy (non-hydrogen) atoms. The van der Waals surface area contributed by atoms with Gasteiger partial charge in [-0.05, 0) is 24.6 Å². The molecule has 1 heterocycles. The van der Waals surface area contributed by atoms with Gasteiger partial charge in [0.05, 0.1) is 0 Å². The minimum absolute atomic E-state index is 0.112. The van der Waals surface area contributed by atoms with Crippen molar-refractivity contribution >= 4 is 23.3 Å². The molecule has 0 aliphatic carbocycles. The maximum Gasteiger partial charge on any atom is 0.331 e. The number of amides is 1. The number of nitrogens with zero attached hydrogens (tertiary/aromatic N) is 1. The van der Waals surface area contributed by atoms with Gasteiger partial charge in [-0.15, -0.1) is 0 Å². The Morgan fingerprint density at radius 2 is 2.05 bits per heavy atom. The van der Waals surface area contributed by atoms with E-state index in [4.69, 9.17) is 5.11 Å². The van der Waals surface area contributed by atoms with Crippen molar-refractivity contribution in [3.63, 3.8) is 0 Å². The number of anilines is 1. The number of rotatable bonds is 4. The lowest BCUT2D eigenvalue weighted by Crippen LogP contribution is -2.44. The SMILES string of the molecule is CC(=O)Nc1ccc(CC2=NNC(C)(C(=O)O)C2)cc1. The summed E-state index contributed by atoms with van der Waals surface area (Å²) in [5, 5.41) is 15.9. The van der Waals surface area contributed by atoms with Crippen LogP contribution in [0.3, 0.4) is 0 Å². The molecule has 0 radical (unpaired) electrons. The van der Waals surface area contributed by atoms with Gasteiger partial charge in [0.25, 0.3) is 0 Å². The van der Waals surface area contributed by atoms with Crippen molar-refractivity contribution < 1.29 is 14.7 Å². The van der Waals surface area contributed by atoms with Gasteiger partial charge < -0.3 is 10.4 Å². The molecule has 0 spiro atoms. The number of hydrazone groups is 1. The first kappa shape index (κ1) is 14.0. The highest BCUT2D eigenvalue weighted by molar-refractivity contribution is 5.95. The topological polar surface area (TPSA) is 90.8 Å². The summed E-state index contributed by atoms with van der Waals surface area (Å²) in [6, 6.07) is 7.42. The van der Waals surface area contributed by atoms with Gasteiger partial charge >= 0.3 is 5.97 Å². The highest BCUT2D eigenvalue weighted by atomic mass is 16.4. The predicted molar refractivity (Wildman–Crippen MR) is 75.7 cm³/mol. The highest BCUT2D eigenvalue weighted by Gasteiger charge is 2.38. The number of carbonyl (C=O) groups is 2. The minimum atomic E-state index is -1.01. The molecule has 1 unspecified atom stereocenters. The minimum Gasteiger partial charge on any atom is -0.479 e. The molecular weight excluding hydrogens is 258 g/mol. The number of benzene rings is 1. The monoisotopic (exact) mass is 275 g/mol. The number of carboxylic acid groups (broad SMARTS) is 1. The van der Waals surface area contributed by atoms with Gasteiger partial charge in [-0.25, -0.2) is 4.79 Å². The van der Waals surface area contributed by atoms with Crippen LogP contribution in [0.2, 0.25) is 0 Å². The number of hydrogen-bond acceptors (Lipinski definition) is 4. The Hall–Kier alpha value is -2.37. The molecule has 1 aliphatic rings. The van der Waals surface area contributed by atoms with Crippen LogP contribution in [0.4, 0.5) is 5.69 Å². The summed E-state index contributed by atoms with van der Waals surface area (Å²) in [5.74, 6) is -1.02.